The van der Waals surface area contributed by atoms with E-state index in [4.69, 9.17) is 18.6 Å². The van der Waals surface area contributed by atoms with E-state index in [0.717, 1.165) is 0 Å². The van der Waals surface area contributed by atoms with Crippen molar-refractivity contribution in [3.8, 4) is 11.5 Å². The van der Waals surface area contributed by atoms with Gasteiger partial charge in [0, 0.05) is 6.07 Å². The Bertz CT molecular complexity index is 789. The van der Waals surface area contributed by atoms with Crippen LogP contribution in [-0.4, -0.2) is 27.9 Å². The van der Waals surface area contributed by atoms with Crippen LogP contribution in [0.1, 0.15) is 37.0 Å². The minimum absolute atomic E-state index is 0.0769. The van der Waals surface area contributed by atoms with Gasteiger partial charge in [0.2, 0.25) is 11.5 Å². The van der Waals surface area contributed by atoms with Crippen LogP contribution in [0.4, 0.5) is 0 Å². The molecule has 0 amide bonds. The summed E-state index contributed by atoms with van der Waals surface area (Å²) >= 11 is 2.01. The summed E-state index contributed by atoms with van der Waals surface area (Å²) in [5.41, 5.74) is 0.916. The molecule has 0 saturated carbocycles. The molecule has 0 N–H and O–H groups in total. The molecule has 2 aromatic heterocycles. The van der Waals surface area contributed by atoms with Gasteiger partial charge in [0.05, 0.1) is 6.42 Å². The number of furan rings is 2. The van der Waals surface area contributed by atoms with Crippen LogP contribution in [0.3, 0.4) is 0 Å². The number of esters is 3. The van der Waals surface area contributed by atoms with Gasteiger partial charge < -0.3 is 18.6 Å². The monoisotopic (exact) mass is 432 g/mol. The van der Waals surface area contributed by atoms with Gasteiger partial charge in [-0.1, -0.05) is 29.5 Å². The van der Waals surface area contributed by atoms with Crippen molar-refractivity contribution in [3.63, 3.8) is 0 Å². The van der Waals surface area contributed by atoms with E-state index in [1.54, 1.807) is 6.92 Å². The molecule has 1 atom stereocenters. The lowest BCUT2D eigenvalue weighted by molar-refractivity contribution is -0.147. The Morgan fingerprint density at radius 2 is 2.13 bits per heavy atom. The molecule has 8 heteroatoms. The van der Waals surface area contributed by atoms with Crippen molar-refractivity contribution in [1.82, 2.24) is 0 Å². The van der Waals surface area contributed by atoms with E-state index in [-0.39, 0.29) is 36.1 Å². The van der Waals surface area contributed by atoms with Gasteiger partial charge in [-0.25, -0.2) is 4.79 Å². The number of carbonyl (C=O) groups is 3. The number of benzene rings is 1. The van der Waals surface area contributed by atoms with Gasteiger partial charge in [0.25, 0.3) is 0 Å². The molecule has 0 fully saturated rings. The van der Waals surface area contributed by atoms with Crippen molar-refractivity contribution in [1.29, 1.82) is 0 Å². The summed E-state index contributed by atoms with van der Waals surface area (Å²) < 4.78 is 19.9. The van der Waals surface area contributed by atoms with Crippen LogP contribution in [0.5, 0.6) is 11.5 Å². The Balaban J connectivity index is 1.55. The highest BCUT2D eigenvalue weighted by Crippen LogP contribution is 2.49. The van der Waals surface area contributed by atoms with Gasteiger partial charge in [-0.05, 0) is 13.3 Å². The van der Waals surface area contributed by atoms with E-state index in [2.05, 4.69) is 0 Å². The lowest BCUT2D eigenvalue weighted by Gasteiger charge is -2.18. The minimum Gasteiger partial charge on any atom is -0.464 e. The average molecular weight is 432 g/mol. The number of alkyl halides is 1. The third kappa shape index (κ3) is 2.75. The fourth-order valence-electron chi connectivity index (χ4n) is 2.06. The Morgan fingerprint density at radius 3 is 2.83 bits per heavy atom. The van der Waals surface area contributed by atoms with Gasteiger partial charge in [-0.3, -0.25) is 9.59 Å². The van der Waals surface area contributed by atoms with E-state index < -0.39 is 15.4 Å². The van der Waals surface area contributed by atoms with E-state index >= 15 is 0 Å². The summed E-state index contributed by atoms with van der Waals surface area (Å²) in [6.45, 7) is 3.57. The van der Waals surface area contributed by atoms with E-state index in [0.29, 0.717) is 17.6 Å². The predicted molar refractivity (Wildman–Crippen MR) is 86.3 cm³/mol. The molecule has 0 saturated heterocycles. The topological polar surface area (TPSA) is 92.0 Å². The molecule has 2 bridgehead atoms. The fourth-order valence-corrected chi connectivity index (χ4v) is 2.22. The zero-order chi connectivity index (χ0) is 16.8. The molecule has 0 radical (unpaired) electrons. The first kappa shape index (κ1) is 16.0. The third-order valence-corrected chi connectivity index (χ3v) is 4.83. The molecule has 0 spiro atoms. The normalized spacial score (nSPS) is 15.5. The number of rotatable bonds is 6. The first-order valence-electron chi connectivity index (χ1n) is 7.01. The smallest absolute Gasteiger partial charge is 0.347 e. The molecule has 0 aromatic carbocycles. The predicted octanol–water partition coefficient (Wildman–Crippen LogP) is 2.85. The largest absolute Gasteiger partial charge is 0.464 e. The van der Waals surface area contributed by atoms with Crippen molar-refractivity contribution >= 4 is 51.7 Å². The molecular formula is C15H13IO7. The maximum atomic E-state index is 11.8. The quantitative estimate of drug-likeness (QED) is 0.300. The standard InChI is InChI=1S/C15H13IO7/c1-3-15(2,16)14(19)20-5-4-9(17)22-11-8-6-7-10(21-8)12(11)23-13(7)18/h6H,3-5H2,1-2H3. The van der Waals surface area contributed by atoms with Crippen molar-refractivity contribution in [3.05, 3.63) is 11.6 Å². The lowest BCUT2D eigenvalue weighted by atomic mass is 10.1. The number of fused-ring (bicyclic) bond motifs is 1. The number of carbonyl (C=O) groups excluding carboxylic acids is 3. The summed E-state index contributed by atoms with van der Waals surface area (Å²) in [5, 5.41) is 0. The second-order valence-electron chi connectivity index (χ2n) is 5.31. The molecule has 122 valence electrons. The van der Waals surface area contributed by atoms with Crippen molar-refractivity contribution in [2.24, 2.45) is 0 Å². The first-order chi connectivity index (χ1) is 10.8. The SMILES string of the molecule is CCC(C)(I)C(=O)OCCC(=O)Oc1c2c3oc1cc3C(=O)O2. The summed E-state index contributed by atoms with van der Waals surface area (Å²) in [7, 11) is 0. The minimum atomic E-state index is -0.615. The molecule has 3 heterocycles. The zero-order valence-electron chi connectivity index (χ0n) is 12.4. The third-order valence-electron chi connectivity index (χ3n) is 3.63. The summed E-state index contributed by atoms with van der Waals surface area (Å²) in [5.74, 6) is -1.27. The van der Waals surface area contributed by atoms with Crippen LogP contribution in [-0.2, 0) is 14.3 Å². The van der Waals surface area contributed by atoms with E-state index in [9.17, 15) is 14.4 Å². The Labute approximate surface area is 144 Å². The van der Waals surface area contributed by atoms with Crippen LogP contribution in [0.25, 0.3) is 11.2 Å². The Kier molecular flexibility index (Phi) is 3.95. The lowest BCUT2D eigenvalue weighted by Crippen LogP contribution is -2.30. The molecular weight excluding hydrogens is 419 g/mol. The van der Waals surface area contributed by atoms with E-state index in [1.807, 2.05) is 29.5 Å². The number of hydrogen-bond acceptors (Lipinski definition) is 7. The van der Waals surface area contributed by atoms with Crippen LogP contribution < -0.4 is 9.47 Å². The van der Waals surface area contributed by atoms with Gasteiger partial charge in [0.15, 0.2) is 11.2 Å². The second-order valence-corrected chi connectivity index (χ2v) is 7.69. The van der Waals surface area contributed by atoms with Crippen LogP contribution in [0.15, 0.2) is 10.5 Å². The highest BCUT2D eigenvalue weighted by atomic mass is 127. The first-order valence-corrected chi connectivity index (χ1v) is 8.09. The average Bonchev–Trinajstić information content (AvgIpc) is 3.12. The highest BCUT2D eigenvalue weighted by molar-refractivity contribution is 14.1. The van der Waals surface area contributed by atoms with Crippen molar-refractivity contribution in [2.75, 3.05) is 6.61 Å². The van der Waals surface area contributed by atoms with Crippen LogP contribution in [0, 0.1) is 0 Å². The summed E-state index contributed by atoms with van der Waals surface area (Å²) in [6.07, 6.45) is 0.521. The van der Waals surface area contributed by atoms with Gasteiger partial charge in [-0.15, -0.1) is 0 Å². The maximum Gasteiger partial charge on any atom is 0.347 e. The number of hydrogen-bond donors (Lipinski definition) is 0. The fraction of sp³-hybridized carbons (Fsp3) is 0.400. The molecule has 23 heavy (non-hydrogen) atoms. The van der Waals surface area contributed by atoms with Gasteiger partial charge >= 0.3 is 17.9 Å². The van der Waals surface area contributed by atoms with Crippen molar-refractivity contribution in [2.45, 2.75) is 30.1 Å². The van der Waals surface area contributed by atoms with Crippen LogP contribution >= 0.6 is 22.6 Å². The second kappa shape index (κ2) is 5.66. The molecule has 3 rings (SSSR count). The van der Waals surface area contributed by atoms with Crippen LogP contribution in [0.2, 0.25) is 0 Å². The van der Waals surface area contributed by atoms with Crippen molar-refractivity contribution < 1.29 is 33.0 Å². The van der Waals surface area contributed by atoms with E-state index in [1.165, 1.54) is 6.07 Å². The molecule has 1 unspecified atom stereocenters. The van der Waals surface area contributed by atoms with Gasteiger partial charge in [0.1, 0.15) is 15.6 Å². The Hall–Kier alpha value is -1.84. The molecule has 1 aliphatic rings. The summed E-state index contributed by atoms with van der Waals surface area (Å²) in [6, 6.07) is 1.47. The molecule has 1 aliphatic heterocycles. The van der Waals surface area contributed by atoms with Gasteiger partial charge in [-0.2, -0.15) is 0 Å². The molecule has 2 aromatic rings. The molecule has 0 aliphatic carbocycles. The zero-order valence-corrected chi connectivity index (χ0v) is 14.6. The number of halogens is 1. The highest BCUT2D eigenvalue weighted by Gasteiger charge is 2.36. The summed E-state index contributed by atoms with van der Waals surface area (Å²) in [4.78, 5) is 35.1. The number of ether oxygens (including phenoxy) is 3. The molecule has 7 nitrogen and oxygen atoms in total. The maximum absolute atomic E-state index is 11.8. The Morgan fingerprint density at radius 1 is 1.39 bits per heavy atom.